The van der Waals surface area contributed by atoms with Crippen molar-refractivity contribution in [1.29, 1.82) is 0 Å². The predicted octanol–water partition coefficient (Wildman–Crippen LogP) is 1.08. The van der Waals surface area contributed by atoms with Gasteiger partial charge in [-0.25, -0.2) is 4.98 Å². The number of rotatable bonds is 4. The Bertz CT molecular complexity index is 655. The molecule has 2 aromatic rings. The van der Waals surface area contributed by atoms with E-state index in [1.54, 1.807) is 0 Å². The van der Waals surface area contributed by atoms with Gasteiger partial charge in [0.25, 0.3) is 5.91 Å². The second-order valence-corrected chi connectivity index (χ2v) is 5.45. The number of aromatic nitrogens is 2. The first kappa shape index (κ1) is 14.9. The summed E-state index contributed by atoms with van der Waals surface area (Å²) in [5.74, 6) is -0.182. The maximum absolute atomic E-state index is 12.2. The lowest BCUT2D eigenvalue weighted by Crippen LogP contribution is -2.47. The monoisotopic (exact) mass is 300 g/mol. The summed E-state index contributed by atoms with van der Waals surface area (Å²) >= 11 is 0. The maximum atomic E-state index is 12.2. The van der Waals surface area contributed by atoms with E-state index in [-0.39, 0.29) is 11.9 Å². The van der Waals surface area contributed by atoms with E-state index in [0.29, 0.717) is 12.2 Å². The quantitative estimate of drug-likeness (QED) is 0.915. The van der Waals surface area contributed by atoms with Crippen molar-refractivity contribution in [3.8, 4) is 0 Å². The van der Waals surface area contributed by atoms with Crippen LogP contribution in [0, 0.1) is 0 Å². The molecule has 1 aliphatic rings. The van der Waals surface area contributed by atoms with Gasteiger partial charge in [-0.2, -0.15) is 0 Å². The minimum atomic E-state index is -0.182. The van der Waals surface area contributed by atoms with Crippen molar-refractivity contribution in [1.82, 2.24) is 20.2 Å². The van der Waals surface area contributed by atoms with E-state index in [1.165, 1.54) is 6.20 Å². The Balaban J connectivity index is 1.60. The molecule has 1 N–H and O–H groups in total. The van der Waals surface area contributed by atoms with Crippen LogP contribution in [0.25, 0.3) is 11.0 Å². The van der Waals surface area contributed by atoms with Gasteiger partial charge in [-0.3, -0.25) is 14.7 Å². The first-order chi connectivity index (χ1) is 10.7. The summed E-state index contributed by atoms with van der Waals surface area (Å²) in [5, 5.41) is 2.94. The number of carbonyl (C=O) groups is 1. The minimum Gasteiger partial charge on any atom is -0.379 e. The Morgan fingerprint density at radius 1 is 1.32 bits per heavy atom. The first-order valence-corrected chi connectivity index (χ1v) is 7.56. The van der Waals surface area contributed by atoms with Crippen molar-refractivity contribution >= 4 is 16.9 Å². The summed E-state index contributed by atoms with van der Waals surface area (Å²) in [4.78, 5) is 23.2. The molecule has 6 nitrogen and oxygen atoms in total. The van der Waals surface area contributed by atoms with Crippen molar-refractivity contribution < 1.29 is 9.53 Å². The Kier molecular flexibility index (Phi) is 4.60. The van der Waals surface area contributed by atoms with E-state index >= 15 is 0 Å². The summed E-state index contributed by atoms with van der Waals surface area (Å²) in [6, 6.07) is 7.81. The highest BCUT2D eigenvalue weighted by Crippen LogP contribution is 2.08. The molecular weight excluding hydrogens is 280 g/mol. The van der Waals surface area contributed by atoms with Gasteiger partial charge in [-0.05, 0) is 19.1 Å². The van der Waals surface area contributed by atoms with Gasteiger partial charge in [0.1, 0.15) is 5.69 Å². The molecule has 1 fully saturated rings. The molecule has 2 heterocycles. The lowest BCUT2D eigenvalue weighted by atomic mass is 10.2. The molecule has 1 amide bonds. The molecule has 3 rings (SSSR count). The van der Waals surface area contributed by atoms with E-state index < -0.39 is 0 Å². The van der Waals surface area contributed by atoms with Gasteiger partial charge in [0, 0.05) is 25.7 Å². The third-order valence-corrected chi connectivity index (χ3v) is 3.91. The topological polar surface area (TPSA) is 67.4 Å². The van der Waals surface area contributed by atoms with Crippen molar-refractivity contribution in [2.45, 2.75) is 13.0 Å². The SMILES string of the molecule is C[C@@H](CNC(=O)c1cnc2ccccc2n1)N1CCOCC1. The maximum Gasteiger partial charge on any atom is 0.271 e. The summed E-state index contributed by atoms with van der Waals surface area (Å²) < 4.78 is 5.34. The van der Waals surface area contributed by atoms with Gasteiger partial charge in [-0.15, -0.1) is 0 Å². The molecule has 22 heavy (non-hydrogen) atoms. The average molecular weight is 300 g/mol. The molecule has 1 aromatic heterocycles. The fourth-order valence-corrected chi connectivity index (χ4v) is 2.54. The number of morpholine rings is 1. The molecule has 0 aliphatic carbocycles. The van der Waals surface area contributed by atoms with Crippen LogP contribution in [0.1, 0.15) is 17.4 Å². The fourth-order valence-electron chi connectivity index (χ4n) is 2.54. The predicted molar refractivity (Wildman–Crippen MR) is 83.7 cm³/mol. The standard InChI is InChI=1S/C16H20N4O2/c1-12(20-6-8-22-9-7-20)10-18-16(21)15-11-17-13-4-2-3-5-14(13)19-15/h2-5,11-12H,6-10H2,1H3,(H,18,21)/t12-/m0/s1. The minimum absolute atomic E-state index is 0.182. The number of nitrogens with zero attached hydrogens (tertiary/aromatic N) is 3. The van der Waals surface area contributed by atoms with E-state index in [9.17, 15) is 4.79 Å². The van der Waals surface area contributed by atoms with E-state index in [4.69, 9.17) is 4.74 Å². The highest BCUT2D eigenvalue weighted by molar-refractivity contribution is 5.93. The van der Waals surface area contributed by atoms with Crippen LogP contribution in [-0.4, -0.2) is 59.7 Å². The summed E-state index contributed by atoms with van der Waals surface area (Å²) in [6.45, 7) is 6.04. The normalized spacial score (nSPS) is 17.3. The summed E-state index contributed by atoms with van der Waals surface area (Å²) in [7, 11) is 0. The molecule has 1 aliphatic heterocycles. The highest BCUT2D eigenvalue weighted by atomic mass is 16.5. The summed E-state index contributed by atoms with van der Waals surface area (Å²) in [6.07, 6.45) is 1.52. The molecule has 0 spiro atoms. The highest BCUT2D eigenvalue weighted by Gasteiger charge is 2.18. The molecule has 6 heteroatoms. The van der Waals surface area contributed by atoms with Crippen LogP contribution in [0.5, 0.6) is 0 Å². The van der Waals surface area contributed by atoms with Crippen molar-refractivity contribution in [3.63, 3.8) is 0 Å². The molecule has 1 saturated heterocycles. The third kappa shape index (κ3) is 3.40. The van der Waals surface area contributed by atoms with E-state index in [0.717, 1.165) is 37.3 Å². The zero-order valence-electron chi connectivity index (χ0n) is 12.7. The smallest absolute Gasteiger partial charge is 0.271 e. The number of nitrogens with one attached hydrogen (secondary N) is 1. The molecule has 1 atom stereocenters. The molecule has 0 radical (unpaired) electrons. The molecule has 0 saturated carbocycles. The van der Waals surface area contributed by atoms with Crippen molar-refractivity contribution in [2.24, 2.45) is 0 Å². The Hall–Kier alpha value is -2.05. The molecule has 0 bridgehead atoms. The second kappa shape index (κ2) is 6.81. The lowest BCUT2D eigenvalue weighted by Gasteiger charge is -2.32. The van der Waals surface area contributed by atoms with Gasteiger partial charge in [0.15, 0.2) is 0 Å². The van der Waals surface area contributed by atoms with Gasteiger partial charge in [-0.1, -0.05) is 12.1 Å². The van der Waals surface area contributed by atoms with Crippen LogP contribution < -0.4 is 5.32 Å². The van der Waals surface area contributed by atoms with Crippen LogP contribution in [0.4, 0.5) is 0 Å². The van der Waals surface area contributed by atoms with Gasteiger partial charge in [0.05, 0.1) is 30.4 Å². The Morgan fingerprint density at radius 2 is 2.05 bits per heavy atom. The first-order valence-electron chi connectivity index (χ1n) is 7.56. The van der Waals surface area contributed by atoms with Crippen LogP contribution in [0.15, 0.2) is 30.5 Å². The van der Waals surface area contributed by atoms with E-state index in [1.807, 2.05) is 24.3 Å². The zero-order valence-corrected chi connectivity index (χ0v) is 12.7. The Labute approximate surface area is 129 Å². The number of hydrogen-bond acceptors (Lipinski definition) is 5. The average Bonchev–Trinajstić information content (AvgIpc) is 2.59. The third-order valence-electron chi connectivity index (χ3n) is 3.91. The number of para-hydroxylation sites is 2. The number of amides is 1. The number of benzene rings is 1. The van der Waals surface area contributed by atoms with Crippen molar-refractivity contribution in [2.75, 3.05) is 32.8 Å². The second-order valence-electron chi connectivity index (χ2n) is 5.45. The lowest BCUT2D eigenvalue weighted by molar-refractivity contribution is 0.0204. The number of carbonyl (C=O) groups excluding carboxylic acids is 1. The molecule has 116 valence electrons. The summed E-state index contributed by atoms with van der Waals surface area (Å²) in [5.41, 5.74) is 1.88. The largest absolute Gasteiger partial charge is 0.379 e. The van der Waals surface area contributed by atoms with Crippen LogP contribution in [0.2, 0.25) is 0 Å². The van der Waals surface area contributed by atoms with Gasteiger partial charge in [0.2, 0.25) is 0 Å². The Morgan fingerprint density at radius 3 is 2.82 bits per heavy atom. The number of hydrogen-bond donors (Lipinski definition) is 1. The van der Waals surface area contributed by atoms with Gasteiger partial charge < -0.3 is 10.1 Å². The molecule has 0 unspecified atom stereocenters. The van der Waals surface area contributed by atoms with Crippen LogP contribution >= 0.6 is 0 Å². The molecular formula is C16H20N4O2. The fraction of sp³-hybridized carbons (Fsp3) is 0.438. The zero-order chi connectivity index (χ0) is 15.4. The van der Waals surface area contributed by atoms with Crippen LogP contribution in [0.3, 0.4) is 0 Å². The van der Waals surface area contributed by atoms with Crippen molar-refractivity contribution in [3.05, 3.63) is 36.2 Å². The molecule has 1 aromatic carbocycles. The van der Waals surface area contributed by atoms with Gasteiger partial charge >= 0.3 is 0 Å². The van der Waals surface area contributed by atoms with E-state index in [2.05, 4.69) is 27.1 Å². The number of fused-ring (bicyclic) bond motifs is 1. The van der Waals surface area contributed by atoms with Crippen LogP contribution in [-0.2, 0) is 4.74 Å². The number of ether oxygens (including phenoxy) is 1.